The molecule has 3 heterocycles. The third-order valence-electron chi connectivity index (χ3n) is 3.93. The number of hydrogen-bond donors (Lipinski definition) is 0. The topological polar surface area (TPSA) is 45.7 Å². The van der Waals surface area contributed by atoms with Gasteiger partial charge in [0.15, 0.2) is 0 Å². The van der Waals surface area contributed by atoms with Gasteiger partial charge in [-0.05, 0) is 6.42 Å². The molecular formula is C13H19N3O2S. The molecule has 0 saturated carbocycles. The molecule has 1 aromatic heterocycles. The van der Waals surface area contributed by atoms with E-state index in [1.807, 2.05) is 11.6 Å². The quantitative estimate of drug-likeness (QED) is 0.828. The Morgan fingerprint density at radius 1 is 1.63 bits per heavy atom. The van der Waals surface area contributed by atoms with Crippen LogP contribution >= 0.6 is 11.3 Å². The average molecular weight is 281 g/mol. The Kier molecular flexibility index (Phi) is 3.56. The molecule has 19 heavy (non-hydrogen) atoms. The molecule has 104 valence electrons. The zero-order valence-corrected chi connectivity index (χ0v) is 12.1. The van der Waals surface area contributed by atoms with Crippen LogP contribution in [0.5, 0.6) is 0 Å². The van der Waals surface area contributed by atoms with Gasteiger partial charge in [0.05, 0.1) is 12.6 Å². The molecule has 0 aromatic carbocycles. The van der Waals surface area contributed by atoms with Crippen molar-refractivity contribution in [3.63, 3.8) is 0 Å². The maximum absolute atomic E-state index is 12.0. The van der Waals surface area contributed by atoms with Gasteiger partial charge in [-0.15, -0.1) is 11.3 Å². The summed E-state index contributed by atoms with van der Waals surface area (Å²) in [6.07, 6.45) is 3.63. The lowest BCUT2D eigenvalue weighted by Crippen LogP contribution is -2.35. The number of likely N-dealkylation sites (tertiary alicyclic amines) is 1. The number of carbonyl (C=O) groups is 1. The summed E-state index contributed by atoms with van der Waals surface area (Å²) in [5, 5.41) is 3.15. The molecule has 6 heteroatoms. The fourth-order valence-electron chi connectivity index (χ4n) is 2.98. The van der Waals surface area contributed by atoms with Gasteiger partial charge in [0.1, 0.15) is 11.1 Å². The number of nitrogens with zero attached hydrogens (tertiary/aromatic N) is 3. The summed E-state index contributed by atoms with van der Waals surface area (Å²) in [4.78, 5) is 20.3. The number of aromatic nitrogens is 1. The lowest BCUT2D eigenvalue weighted by atomic mass is 10.1. The van der Waals surface area contributed by atoms with Gasteiger partial charge in [-0.2, -0.15) is 0 Å². The maximum Gasteiger partial charge on any atom is 0.251 e. The SMILES string of the molecule is CN(C)C(=O)[C@@H]1C[C@H]2[C@H](CCN2Cc2nccs2)O1. The summed E-state index contributed by atoms with van der Waals surface area (Å²) in [6.45, 7) is 1.92. The van der Waals surface area contributed by atoms with Crippen LogP contribution in [0, 0.1) is 0 Å². The number of likely N-dealkylation sites (N-methyl/N-ethyl adjacent to an activating group) is 1. The molecule has 0 aliphatic carbocycles. The summed E-state index contributed by atoms with van der Waals surface area (Å²) >= 11 is 1.69. The molecule has 0 spiro atoms. The Hall–Kier alpha value is -0.980. The molecule has 1 amide bonds. The second kappa shape index (κ2) is 5.19. The van der Waals surface area contributed by atoms with Gasteiger partial charge in [0.2, 0.25) is 0 Å². The minimum absolute atomic E-state index is 0.0867. The van der Waals surface area contributed by atoms with E-state index in [0.717, 1.165) is 30.9 Å². The van der Waals surface area contributed by atoms with Gasteiger partial charge < -0.3 is 9.64 Å². The van der Waals surface area contributed by atoms with Crippen LogP contribution < -0.4 is 0 Å². The van der Waals surface area contributed by atoms with Crippen LogP contribution in [-0.2, 0) is 16.1 Å². The highest BCUT2D eigenvalue weighted by atomic mass is 32.1. The zero-order valence-electron chi connectivity index (χ0n) is 11.3. The van der Waals surface area contributed by atoms with Crippen LogP contribution in [0.1, 0.15) is 17.8 Å². The first-order valence-electron chi connectivity index (χ1n) is 6.64. The molecule has 0 N–H and O–H groups in total. The third-order valence-corrected chi connectivity index (χ3v) is 4.70. The first-order chi connectivity index (χ1) is 9.15. The number of amides is 1. The van der Waals surface area contributed by atoms with E-state index >= 15 is 0 Å². The van der Waals surface area contributed by atoms with E-state index in [1.165, 1.54) is 0 Å². The van der Waals surface area contributed by atoms with Crippen LogP contribution in [0.4, 0.5) is 0 Å². The highest BCUT2D eigenvalue weighted by Gasteiger charge is 2.45. The molecule has 2 fully saturated rings. The Morgan fingerprint density at radius 2 is 2.47 bits per heavy atom. The lowest BCUT2D eigenvalue weighted by Gasteiger charge is -2.21. The molecule has 3 atom stereocenters. The molecule has 0 radical (unpaired) electrons. The molecule has 1 aromatic rings. The van der Waals surface area contributed by atoms with E-state index in [9.17, 15) is 4.79 Å². The van der Waals surface area contributed by atoms with E-state index < -0.39 is 0 Å². The van der Waals surface area contributed by atoms with Crippen LogP contribution in [0.15, 0.2) is 11.6 Å². The van der Waals surface area contributed by atoms with Gasteiger partial charge in [0.25, 0.3) is 5.91 Å². The van der Waals surface area contributed by atoms with Crippen molar-refractivity contribution in [1.82, 2.24) is 14.8 Å². The number of rotatable bonds is 3. The van der Waals surface area contributed by atoms with E-state index in [1.54, 1.807) is 30.3 Å². The van der Waals surface area contributed by atoms with E-state index in [0.29, 0.717) is 6.04 Å². The normalized spacial score (nSPS) is 30.5. The predicted molar refractivity (Wildman–Crippen MR) is 72.9 cm³/mol. The van der Waals surface area contributed by atoms with E-state index in [4.69, 9.17) is 4.74 Å². The van der Waals surface area contributed by atoms with Gasteiger partial charge in [-0.25, -0.2) is 4.98 Å². The number of thiazole rings is 1. The first-order valence-corrected chi connectivity index (χ1v) is 7.52. The van der Waals surface area contributed by atoms with Crippen molar-refractivity contribution in [2.45, 2.75) is 37.6 Å². The largest absolute Gasteiger partial charge is 0.363 e. The van der Waals surface area contributed by atoms with Crippen LogP contribution in [0.3, 0.4) is 0 Å². The summed E-state index contributed by atoms with van der Waals surface area (Å²) in [5.41, 5.74) is 0. The highest BCUT2D eigenvalue weighted by molar-refractivity contribution is 7.09. The second-order valence-electron chi connectivity index (χ2n) is 5.38. The van der Waals surface area contributed by atoms with Crippen molar-refractivity contribution in [2.75, 3.05) is 20.6 Å². The van der Waals surface area contributed by atoms with Gasteiger partial charge in [-0.3, -0.25) is 9.69 Å². The van der Waals surface area contributed by atoms with Crippen molar-refractivity contribution in [3.05, 3.63) is 16.6 Å². The standard InChI is InChI=1S/C13H19N3O2S/c1-15(2)13(17)11-7-9-10(18-11)3-5-16(9)8-12-14-4-6-19-12/h4,6,9-11H,3,5,7-8H2,1-2H3/t9-,10-,11-/m0/s1. The maximum atomic E-state index is 12.0. The molecule has 3 rings (SSSR count). The first kappa shape index (κ1) is 13.0. The number of hydrogen-bond acceptors (Lipinski definition) is 5. The van der Waals surface area contributed by atoms with Gasteiger partial charge >= 0.3 is 0 Å². The fraction of sp³-hybridized carbons (Fsp3) is 0.692. The molecule has 2 aliphatic rings. The Morgan fingerprint density at radius 3 is 3.16 bits per heavy atom. The van der Waals surface area contributed by atoms with Crippen LogP contribution in [0.25, 0.3) is 0 Å². The van der Waals surface area contributed by atoms with Crippen molar-refractivity contribution in [2.24, 2.45) is 0 Å². The Bertz CT molecular complexity index is 449. The molecule has 2 aliphatic heterocycles. The number of fused-ring (bicyclic) bond motifs is 1. The molecule has 5 nitrogen and oxygen atoms in total. The monoisotopic (exact) mass is 281 g/mol. The molecular weight excluding hydrogens is 262 g/mol. The van der Waals surface area contributed by atoms with Gasteiger partial charge in [-0.1, -0.05) is 0 Å². The zero-order chi connectivity index (χ0) is 13.4. The lowest BCUT2D eigenvalue weighted by molar-refractivity contribution is -0.140. The summed E-state index contributed by atoms with van der Waals surface area (Å²) < 4.78 is 5.91. The fourth-order valence-corrected chi connectivity index (χ4v) is 3.62. The summed E-state index contributed by atoms with van der Waals surface area (Å²) in [6, 6.07) is 0.373. The van der Waals surface area contributed by atoms with Crippen LogP contribution in [0.2, 0.25) is 0 Å². The van der Waals surface area contributed by atoms with E-state index in [2.05, 4.69) is 9.88 Å². The second-order valence-corrected chi connectivity index (χ2v) is 6.36. The number of carbonyl (C=O) groups excluding carboxylic acids is 1. The van der Waals surface area contributed by atoms with Crippen molar-refractivity contribution >= 4 is 17.2 Å². The van der Waals surface area contributed by atoms with Crippen molar-refractivity contribution < 1.29 is 9.53 Å². The number of ether oxygens (including phenoxy) is 1. The predicted octanol–water partition coefficient (Wildman–Crippen LogP) is 0.963. The minimum atomic E-state index is -0.260. The highest BCUT2D eigenvalue weighted by Crippen LogP contribution is 2.34. The Labute approximate surface area is 117 Å². The minimum Gasteiger partial charge on any atom is -0.363 e. The van der Waals surface area contributed by atoms with Crippen molar-refractivity contribution in [3.8, 4) is 0 Å². The third kappa shape index (κ3) is 2.52. The molecule has 2 saturated heterocycles. The van der Waals surface area contributed by atoms with Crippen molar-refractivity contribution in [1.29, 1.82) is 0 Å². The summed E-state index contributed by atoms with van der Waals surface area (Å²) in [5.74, 6) is 0.0867. The smallest absolute Gasteiger partial charge is 0.251 e. The van der Waals surface area contributed by atoms with E-state index in [-0.39, 0.29) is 18.1 Å². The molecule has 0 unspecified atom stereocenters. The van der Waals surface area contributed by atoms with Gasteiger partial charge in [0, 0.05) is 44.7 Å². The summed E-state index contributed by atoms with van der Waals surface area (Å²) in [7, 11) is 3.57. The Balaban J connectivity index is 1.64. The molecule has 0 bridgehead atoms. The average Bonchev–Trinajstić information content (AvgIpc) is 3.07. The van der Waals surface area contributed by atoms with Crippen LogP contribution in [-0.4, -0.2) is 59.6 Å².